The third-order valence-electron chi connectivity index (χ3n) is 7.49. The van der Waals surface area contributed by atoms with Crippen molar-refractivity contribution < 1.29 is 28.4 Å². The number of piperidine rings is 1. The normalized spacial score (nSPS) is 14.7. The van der Waals surface area contributed by atoms with Crippen LogP contribution in [0, 0.1) is 5.92 Å². The van der Waals surface area contributed by atoms with Crippen LogP contribution in [-0.2, 0) is 14.3 Å². The van der Waals surface area contributed by atoms with E-state index in [9.17, 15) is 14.4 Å². The lowest BCUT2D eigenvalue weighted by Crippen LogP contribution is -2.37. The van der Waals surface area contributed by atoms with Crippen LogP contribution in [0.1, 0.15) is 53.0 Å². The molecule has 1 saturated heterocycles. The molecule has 1 fully saturated rings. The number of nitrogens with one attached hydrogen (secondary N) is 1. The Bertz CT molecular complexity index is 1630. The van der Waals surface area contributed by atoms with Crippen LogP contribution in [0.5, 0.6) is 0 Å². The molecule has 2 aliphatic rings. The molecule has 0 amide bonds. The van der Waals surface area contributed by atoms with Crippen LogP contribution in [0.2, 0.25) is 0 Å². The highest BCUT2D eigenvalue weighted by atomic mass is 16.5. The molecule has 1 N–H and O–H groups in total. The number of hydrogen-bond acceptors (Lipinski definition) is 9. The predicted molar refractivity (Wildman–Crippen MR) is 150 cm³/mol. The molecule has 2 heterocycles. The fourth-order valence-electron chi connectivity index (χ4n) is 5.59. The van der Waals surface area contributed by atoms with Crippen LogP contribution in [0.4, 0.5) is 17.1 Å². The number of nitrogens with zero attached hydrogens (tertiary/aromatic N) is 2. The summed E-state index contributed by atoms with van der Waals surface area (Å²) >= 11 is 0. The number of carbonyl (C=O) groups is 3. The molecule has 40 heavy (non-hydrogen) atoms. The van der Waals surface area contributed by atoms with E-state index < -0.39 is 5.97 Å². The largest absolute Gasteiger partial charge is 0.466 e. The minimum atomic E-state index is -0.417. The van der Waals surface area contributed by atoms with Crippen molar-refractivity contribution in [2.24, 2.45) is 5.92 Å². The zero-order valence-corrected chi connectivity index (χ0v) is 22.4. The van der Waals surface area contributed by atoms with Crippen LogP contribution < -0.4 is 10.2 Å². The molecule has 0 bridgehead atoms. The fraction of sp³-hybridized carbons (Fsp3) is 0.290. The van der Waals surface area contributed by atoms with Gasteiger partial charge in [0.1, 0.15) is 5.52 Å². The average Bonchev–Trinajstić information content (AvgIpc) is 3.42. The minimum absolute atomic E-state index is 0.132. The number of rotatable bonds is 7. The van der Waals surface area contributed by atoms with Crippen LogP contribution in [0.25, 0.3) is 22.2 Å². The molecule has 0 saturated carbocycles. The van der Waals surface area contributed by atoms with E-state index in [1.54, 1.807) is 31.2 Å². The van der Waals surface area contributed by atoms with Crippen molar-refractivity contribution in [3.63, 3.8) is 0 Å². The van der Waals surface area contributed by atoms with E-state index in [4.69, 9.17) is 14.0 Å². The second-order valence-corrected chi connectivity index (χ2v) is 9.87. The summed E-state index contributed by atoms with van der Waals surface area (Å²) in [4.78, 5) is 40.7. The number of esters is 2. The highest BCUT2D eigenvalue weighted by molar-refractivity contribution is 6.28. The molecule has 0 atom stereocenters. The summed E-state index contributed by atoms with van der Waals surface area (Å²) in [5.41, 5.74) is 4.76. The summed E-state index contributed by atoms with van der Waals surface area (Å²) in [6.45, 7) is 5.47. The van der Waals surface area contributed by atoms with Crippen molar-refractivity contribution in [1.29, 1.82) is 0 Å². The summed E-state index contributed by atoms with van der Waals surface area (Å²) < 4.78 is 16.3. The number of aromatic nitrogens is 1. The van der Waals surface area contributed by atoms with E-state index >= 15 is 0 Å². The second-order valence-electron chi connectivity index (χ2n) is 9.87. The lowest BCUT2D eigenvalue weighted by Gasteiger charge is -2.33. The molecule has 3 aromatic carbocycles. The van der Waals surface area contributed by atoms with E-state index in [1.807, 2.05) is 37.3 Å². The Morgan fingerprint density at radius 3 is 2.50 bits per heavy atom. The standard InChI is InChI=1S/C31H29N3O6/c1-3-38-30(36)18-12-14-34(15-13-18)24-17-23(32-20-9-7-8-19(16-20)31(37)39-4-2)25-26-27(24)33-40-29(26)22-11-6-5-10-21(22)28(25)35/h5-11,16-18,32H,3-4,12-15H2,1-2H3. The minimum Gasteiger partial charge on any atom is -0.466 e. The zero-order valence-electron chi connectivity index (χ0n) is 22.4. The van der Waals surface area contributed by atoms with Gasteiger partial charge in [0.25, 0.3) is 0 Å². The maximum absolute atomic E-state index is 13.9. The Morgan fingerprint density at radius 2 is 1.75 bits per heavy atom. The van der Waals surface area contributed by atoms with Crippen LogP contribution >= 0.6 is 0 Å². The predicted octanol–water partition coefficient (Wildman–Crippen LogP) is 5.74. The number of anilines is 3. The van der Waals surface area contributed by atoms with Crippen molar-refractivity contribution in [1.82, 2.24) is 5.16 Å². The Balaban J connectivity index is 1.45. The van der Waals surface area contributed by atoms with Gasteiger partial charge in [0.15, 0.2) is 11.5 Å². The molecule has 4 aromatic rings. The van der Waals surface area contributed by atoms with Crippen molar-refractivity contribution in [2.75, 3.05) is 36.5 Å². The number of carbonyl (C=O) groups excluding carboxylic acids is 3. The quantitative estimate of drug-likeness (QED) is 0.259. The van der Waals surface area contributed by atoms with Gasteiger partial charge in [-0.2, -0.15) is 0 Å². The summed E-state index contributed by atoms with van der Waals surface area (Å²) in [6, 6.07) is 16.3. The molecular weight excluding hydrogens is 510 g/mol. The SMILES string of the molecule is CCOC(=O)c1cccc(Nc2cc(N3CCC(C(=O)OCC)CC3)c3noc4c3c2C(=O)c2ccccc2-4)c1. The van der Waals surface area contributed by atoms with Crippen LogP contribution in [0.3, 0.4) is 0 Å². The molecule has 0 spiro atoms. The van der Waals surface area contributed by atoms with Gasteiger partial charge in [-0.3, -0.25) is 9.59 Å². The van der Waals surface area contributed by atoms with E-state index in [0.29, 0.717) is 82.8 Å². The number of fused-ring (bicyclic) bond motifs is 2. The van der Waals surface area contributed by atoms with Gasteiger partial charge in [-0.25, -0.2) is 4.79 Å². The van der Waals surface area contributed by atoms with Gasteiger partial charge in [-0.05, 0) is 51.0 Å². The van der Waals surface area contributed by atoms with E-state index in [0.717, 1.165) is 5.69 Å². The first-order chi connectivity index (χ1) is 19.5. The van der Waals surface area contributed by atoms with Crippen molar-refractivity contribution in [3.8, 4) is 11.3 Å². The summed E-state index contributed by atoms with van der Waals surface area (Å²) in [6.07, 6.45) is 1.30. The molecule has 9 heteroatoms. The smallest absolute Gasteiger partial charge is 0.338 e. The third kappa shape index (κ3) is 4.37. The zero-order chi connectivity index (χ0) is 27.8. The monoisotopic (exact) mass is 539 g/mol. The number of ether oxygens (including phenoxy) is 2. The number of ketones is 1. The average molecular weight is 540 g/mol. The molecule has 0 unspecified atom stereocenters. The fourth-order valence-corrected chi connectivity index (χ4v) is 5.59. The van der Waals surface area contributed by atoms with E-state index in [1.165, 1.54) is 0 Å². The molecule has 6 rings (SSSR count). The number of benzene rings is 3. The maximum Gasteiger partial charge on any atom is 0.338 e. The summed E-state index contributed by atoms with van der Waals surface area (Å²) in [5.74, 6) is -0.305. The van der Waals surface area contributed by atoms with Gasteiger partial charge in [-0.15, -0.1) is 0 Å². The van der Waals surface area contributed by atoms with Gasteiger partial charge in [0.2, 0.25) is 0 Å². The maximum atomic E-state index is 13.9. The Hall–Kier alpha value is -4.66. The van der Waals surface area contributed by atoms with E-state index in [-0.39, 0.29) is 24.3 Å². The van der Waals surface area contributed by atoms with Gasteiger partial charge < -0.3 is 24.2 Å². The summed E-state index contributed by atoms with van der Waals surface area (Å²) in [5, 5.41) is 8.48. The van der Waals surface area contributed by atoms with Gasteiger partial charge >= 0.3 is 11.9 Å². The number of hydrogen-bond donors (Lipinski definition) is 1. The first-order valence-corrected chi connectivity index (χ1v) is 13.6. The highest BCUT2D eigenvalue weighted by Crippen LogP contribution is 2.46. The van der Waals surface area contributed by atoms with Gasteiger partial charge in [0, 0.05) is 29.9 Å². The van der Waals surface area contributed by atoms with E-state index in [2.05, 4.69) is 15.4 Å². The lowest BCUT2D eigenvalue weighted by atomic mass is 9.86. The van der Waals surface area contributed by atoms with Crippen molar-refractivity contribution in [2.45, 2.75) is 26.7 Å². The second kappa shape index (κ2) is 10.5. The summed E-state index contributed by atoms with van der Waals surface area (Å²) in [7, 11) is 0. The topological polar surface area (TPSA) is 111 Å². The molecular formula is C31H29N3O6. The first kappa shape index (κ1) is 25.6. The third-order valence-corrected chi connectivity index (χ3v) is 7.49. The van der Waals surface area contributed by atoms with Crippen molar-refractivity contribution >= 4 is 45.7 Å². The first-order valence-electron chi connectivity index (χ1n) is 13.6. The Labute approximate surface area is 231 Å². The lowest BCUT2D eigenvalue weighted by molar-refractivity contribution is -0.148. The van der Waals surface area contributed by atoms with Gasteiger partial charge in [0.05, 0.1) is 47.0 Å². The highest BCUT2D eigenvalue weighted by Gasteiger charge is 2.35. The van der Waals surface area contributed by atoms with Crippen LogP contribution in [-0.4, -0.2) is 49.2 Å². The van der Waals surface area contributed by atoms with Gasteiger partial charge in [-0.1, -0.05) is 35.5 Å². The van der Waals surface area contributed by atoms with Crippen LogP contribution in [0.15, 0.2) is 59.1 Å². The Kier molecular flexibility index (Phi) is 6.71. The molecule has 1 aliphatic carbocycles. The Morgan fingerprint density at radius 1 is 1.00 bits per heavy atom. The molecule has 9 nitrogen and oxygen atoms in total. The molecule has 204 valence electrons. The molecule has 1 aromatic heterocycles. The molecule has 1 aliphatic heterocycles. The van der Waals surface area contributed by atoms with Crippen molar-refractivity contribution in [3.05, 3.63) is 71.3 Å². The molecule has 0 radical (unpaired) electrons.